The number of nitrogens with two attached hydrogens (primary N) is 1. The van der Waals surface area contributed by atoms with Crippen molar-refractivity contribution in [3.05, 3.63) is 11.8 Å². The first-order chi connectivity index (χ1) is 6.61. The van der Waals surface area contributed by atoms with E-state index in [4.69, 9.17) is 5.73 Å². The van der Waals surface area contributed by atoms with Crippen molar-refractivity contribution in [2.45, 2.75) is 0 Å². The van der Waals surface area contributed by atoms with E-state index >= 15 is 0 Å². The van der Waals surface area contributed by atoms with Gasteiger partial charge in [-0.2, -0.15) is 5.10 Å². The van der Waals surface area contributed by atoms with Crippen LogP contribution in [0.15, 0.2) is 6.20 Å². The Balaban J connectivity index is 2.40. The number of carbonyl (C=O) groups is 1. The molecule has 0 aliphatic carbocycles. The van der Waals surface area contributed by atoms with Crippen molar-refractivity contribution in [2.24, 2.45) is 0 Å². The Kier molecular flexibility index (Phi) is 3.47. The third-order valence-corrected chi connectivity index (χ3v) is 1.76. The summed E-state index contributed by atoms with van der Waals surface area (Å²) in [7, 11) is 3.89. The molecule has 0 spiro atoms. The Morgan fingerprint density at radius 2 is 2.43 bits per heavy atom. The van der Waals surface area contributed by atoms with Crippen molar-refractivity contribution in [1.29, 1.82) is 0 Å². The van der Waals surface area contributed by atoms with E-state index in [9.17, 15) is 4.79 Å². The number of anilines is 1. The molecule has 0 atom stereocenters. The van der Waals surface area contributed by atoms with Gasteiger partial charge in [-0.1, -0.05) is 0 Å². The molecular weight excluding hydrogens is 182 g/mol. The number of nitrogens with one attached hydrogen (secondary N) is 2. The zero-order chi connectivity index (χ0) is 10.6. The van der Waals surface area contributed by atoms with Crippen LogP contribution < -0.4 is 11.1 Å². The molecule has 6 heteroatoms. The standard InChI is InChI=1S/C8H15N5O/c1-13(2)4-3-10-8(14)6-5-11-12-7(6)9/h5H,3-4H2,1-2H3,(H,10,14)(H3,9,11,12). The Bertz CT molecular complexity index is 306. The second-order valence-corrected chi connectivity index (χ2v) is 3.26. The number of nitrogen functional groups attached to an aromatic ring is 1. The van der Waals surface area contributed by atoms with Gasteiger partial charge in [-0.25, -0.2) is 0 Å². The van der Waals surface area contributed by atoms with Gasteiger partial charge in [0.05, 0.1) is 6.20 Å². The van der Waals surface area contributed by atoms with Gasteiger partial charge < -0.3 is 16.0 Å². The van der Waals surface area contributed by atoms with Crippen molar-refractivity contribution in [3.63, 3.8) is 0 Å². The first kappa shape index (κ1) is 10.5. The van der Waals surface area contributed by atoms with E-state index < -0.39 is 0 Å². The Morgan fingerprint density at radius 3 is 2.93 bits per heavy atom. The van der Waals surface area contributed by atoms with Gasteiger partial charge >= 0.3 is 0 Å². The molecule has 0 aliphatic heterocycles. The topological polar surface area (TPSA) is 87.0 Å². The van der Waals surface area contributed by atoms with Crippen LogP contribution in [0.25, 0.3) is 0 Å². The minimum Gasteiger partial charge on any atom is -0.383 e. The average Bonchev–Trinajstić information content (AvgIpc) is 2.50. The van der Waals surface area contributed by atoms with Gasteiger partial charge in [-0.3, -0.25) is 9.89 Å². The number of hydrogen-bond donors (Lipinski definition) is 3. The predicted molar refractivity (Wildman–Crippen MR) is 53.9 cm³/mol. The molecule has 14 heavy (non-hydrogen) atoms. The van der Waals surface area contributed by atoms with Crippen LogP contribution in [-0.2, 0) is 0 Å². The third kappa shape index (κ3) is 2.74. The highest BCUT2D eigenvalue weighted by Gasteiger charge is 2.10. The van der Waals surface area contributed by atoms with Crippen LogP contribution in [0.5, 0.6) is 0 Å². The summed E-state index contributed by atoms with van der Waals surface area (Å²) in [5, 5.41) is 8.91. The molecule has 0 saturated carbocycles. The highest BCUT2D eigenvalue weighted by Crippen LogP contribution is 2.04. The van der Waals surface area contributed by atoms with Crippen LogP contribution in [-0.4, -0.2) is 48.2 Å². The van der Waals surface area contributed by atoms with Crippen molar-refractivity contribution in [1.82, 2.24) is 20.4 Å². The number of hydrogen-bond acceptors (Lipinski definition) is 4. The summed E-state index contributed by atoms with van der Waals surface area (Å²) in [6.07, 6.45) is 1.42. The zero-order valence-corrected chi connectivity index (χ0v) is 8.37. The van der Waals surface area contributed by atoms with Gasteiger partial charge in [0.1, 0.15) is 11.4 Å². The number of H-pyrrole nitrogens is 1. The van der Waals surface area contributed by atoms with Gasteiger partial charge in [0.2, 0.25) is 0 Å². The second-order valence-electron chi connectivity index (χ2n) is 3.26. The maximum atomic E-state index is 11.4. The normalized spacial score (nSPS) is 10.5. The van der Waals surface area contributed by atoms with Gasteiger partial charge in [0.15, 0.2) is 0 Å². The summed E-state index contributed by atoms with van der Waals surface area (Å²) < 4.78 is 0. The lowest BCUT2D eigenvalue weighted by molar-refractivity contribution is 0.0952. The van der Waals surface area contributed by atoms with Gasteiger partial charge in [0.25, 0.3) is 5.91 Å². The lowest BCUT2D eigenvalue weighted by atomic mass is 10.3. The fraction of sp³-hybridized carbons (Fsp3) is 0.500. The number of nitrogens with zero attached hydrogens (tertiary/aromatic N) is 2. The van der Waals surface area contributed by atoms with E-state index in [1.165, 1.54) is 6.20 Å². The molecule has 4 N–H and O–H groups in total. The Labute approximate surface area is 82.5 Å². The summed E-state index contributed by atoms with van der Waals surface area (Å²) in [6.45, 7) is 1.39. The first-order valence-electron chi connectivity index (χ1n) is 4.33. The maximum Gasteiger partial charge on any atom is 0.256 e. The summed E-state index contributed by atoms with van der Waals surface area (Å²) in [5.74, 6) is 0.102. The molecule has 1 amide bonds. The molecular formula is C8H15N5O. The van der Waals surface area contributed by atoms with E-state index in [1.54, 1.807) is 0 Å². The van der Waals surface area contributed by atoms with Crippen molar-refractivity contribution in [3.8, 4) is 0 Å². The van der Waals surface area contributed by atoms with E-state index in [1.807, 2.05) is 19.0 Å². The summed E-state index contributed by atoms with van der Waals surface area (Å²) in [6, 6.07) is 0. The zero-order valence-electron chi connectivity index (χ0n) is 8.37. The van der Waals surface area contributed by atoms with E-state index in [2.05, 4.69) is 15.5 Å². The number of aromatic nitrogens is 2. The van der Waals surface area contributed by atoms with Crippen LogP contribution in [0.3, 0.4) is 0 Å². The van der Waals surface area contributed by atoms with Crippen molar-refractivity contribution < 1.29 is 4.79 Å². The number of amides is 1. The first-order valence-corrected chi connectivity index (χ1v) is 4.33. The molecule has 0 saturated heterocycles. The van der Waals surface area contributed by atoms with E-state index in [-0.39, 0.29) is 5.91 Å². The van der Waals surface area contributed by atoms with E-state index in [0.717, 1.165) is 6.54 Å². The SMILES string of the molecule is CN(C)CCNC(=O)c1cn[nH]c1N. The Hall–Kier alpha value is -1.56. The molecule has 1 aromatic heterocycles. The lowest BCUT2D eigenvalue weighted by Gasteiger charge is -2.09. The number of rotatable bonds is 4. The number of aromatic amines is 1. The monoisotopic (exact) mass is 197 g/mol. The quantitative estimate of drug-likeness (QED) is 0.594. The van der Waals surface area contributed by atoms with Gasteiger partial charge in [0, 0.05) is 13.1 Å². The van der Waals surface area contributed by atoms with Crippen LogP contribution in [0.1, 0.15) is 10.4 Å². The van der Waals surface area contributed by atoms with Crippen LogP contribution in [0.2, 0.25) is 0 Å². The lowest BCUT2D eigenvalue weighted by Crippen LogP contribution is -2.31. The maximum absolute atomic E-state index is 11.4. The average molecular weight is 197 g/mol. The van der Waals surface area contributed by atoms with Crippen LogP contribution >= 0.6 is 0 Å². The molecule has 1 rings (SSSR count). The number of carbonyl (C=O) groups excluding carboxylic acids is 1. The highest BCUT2D eigenvalue weighted by molar-refractivity contribution is 5.98. The summed E-state index contributed by atoms with van der Waals surface area (Å²) in [5.41, 5.74) is 5.88. The van der Waals surface area contributed by atoms with Crippen LogP contribution in [0, 0.1) is 0 Å². The fourth-order valence-electron chi connectivity index (χ4n) is 0.965. The molecule has 1 heterocycles. The highest BCUT2D eigenvalue weighted by atomic mass is 16.1. The summed E-state index contributed by atoms with van der Waals surface area (Å²) >= 11 is 0. The van der Waals surface area contributed by atoms with Gasteiger partial charge in [-0.05, 0) is 14.1 Å². The molecule has 6 nitrogen and oxygen atoms in total. The molecule has 0 bridgehead atoms. The minimum absolute atomic E-state index is 0.196. The Morgan fingerprint density at radius 1 is 1.71 bits per heavy atom. The van der Waals surface area contributed by atoms with E-state index in [0.29, 0.717) is 17.9 Å². The predicted octanol–water partition coefficient (Wildman–Crippen LogP) is -0.717. The molecule has 78 valence electrons. The number of likely N-dealkylation sites (N-methyl/N-ethyl adjacent to an activating group) is 1. The van der Waals surface area contributed by atoms with Gasteiger partial charge in [-0.15, -0.1) is 0 Å². The molecule has 0 fully saturated rings. The van der Waals surface area contributed by atoms with Crippen LogP contribution in [0.4, 0.5) is 5.82 Å². The molecule has 0 aromatic carbocycles. The van der Waals surface area contributed by atoms with Crippen molar-refractivity contribution >= 4 is 11.7 Å². The fourth-order valence-corrected chi connectivity index (χ4v) is 0.965. The molecule has 1 aromatic rings. The molecule has 0 unspecified atom stereocenters. The largest absolute Gasteiger partial charge is 0.383 e. The molecule has 0 radical (unpaired) electrons. The smallest absolute Gasteiger partial charge is 0.256 e. The van der Waals surface area contributed by atoms with Crippen molar-refractivity contribution in [2.75, 3.05) is 32.9 Å². The minimum atomic E-state index is -0.196. The second kappa shape index (κ2) is 4.61. The molecule has 0 aliphatic rings. The summed E-state index contributed by atoms with van der Waals surface area (Å²) in [4.78, 5) is 13.4. The third-order valence-electron chi connectivity index (χ3n) is 1.76.